The van der Waals surface area contributed by atoms with Crippen LogP contribution in [0.2, 0.25) is 0 Å². The number of aliphatic hydroxyl groups excluding tert-OH is 1. The lowest BCUT2D eigenvalue weighted by Gasteiger charge is -2.37. The van der Waals surface area contributed by atoms with Gasteiger partial charge in [0.2, 0.25) is 0 Å². The van der Waals surface area contributed by atoms with Gasteiger partial charge in [-0.25, -0.2) is 36.8 Å². The van der Waals surface area contributed by atoms with Crippen LogP contribution in [0.3, 0.4) is 0 Å². The molecule has 1 aromatic heterocycles. The zero-order valence-corrected chi connectivity index (χ0v) is 31.5. The number of hydrogen-bond acceptors (Lipinski definition) is 9. The van der Waals surface area contributed by atoms with E-state index in [1.54, 1.807) is 50.6 Å². The number of aromatic nitrogens is 2. The first kappa shape index (κ1) is 39.9. The number of sulfonamides is 1. The largest absolute Gasteiger partial charge is 0.480 e. The molecule has 4 aromatic rings. The number of rotatable bonds is 12. The summed E-state index contributed by atoms with van der Waals surface area (Å²) in [5.74, 6) is -4.24. The van der Waals surface area contributed by atoms with E-state index in [4.69, 9.17) is 4.74 Å². The average Bonchev–Trinajstić information content (AvgIpc) is 3.20. The normalized spacial score (nSPS) is 17.2. The van der Waals surface area contributed by atoms with Gasteiger partial charge in [0.15, 0.2) is 6.23 Å². The predicted octanol–water partition coefficient (Wildman–Crippen LogP) is 4.98. The van der Waals surface area contributed by atoms with E-state index in [-0.39, 0.29) is 29.7 Å². The second-order valence-corrected chi connectivity index (χ2v) is 15.3. The number of nitrogens with zero attached hydrogens (tertiary/aromatic N) is 4. The molecule has 0 radical (unpaired) electrons. The van der Waals surface area contributed by atoms with Crippen molar-refractivity contribution in [1.82, 2.24) is 25.1 Å². The predicted molar refractivity (Wildman–Crippen MR) is 201 cm³/mol. The molecule has 56 heavy (non-hydrogen) atoms. The quantitative estimate of drug-likeness (QED) is 0.152. The molecule has 0 spiro atoms. The molecule has 1 fully saturated rings. The summed E-state index contributed by atoms with van der Waals surface area (Å²) in [6.07, 6.45) is 3.87. The number of carboxylic acids is 1. The Kier molecular flexibility index (Phi) is 11.8. The van der Waals surface area contributed by atoms with Gasteiger partial charge in [-0.05, 0) is 67.5 Å². The zero-order chi connectivity index (χ0) is 40.3. The molecule has 17 heteroatoms. The highest BCUT2D eigenvalue weighted by atomic mass is 32.2. The van der Waals surface area contributed by atoms with Crippen LogP contribution in [0.1, 0.15) is 59.4 Å². The maximum atomic E-state index is 15.2. The third-order valence-electron chi connectivity index (χ3n) is 10.00. The van der Waals surface area contributed by atoms with Gasteiger partial charge in [0, 0.05) is 68.5 Å². The highest BCUT2D eigenvalue weighted by Crippen LogP contribution is 2.31. The molecular weight excluding hydrogens is 751 g/mol. The highest BCUT2D eigenvalue weighted by Gasteiger charge is 2.33. The van der Waals surface area contributed by atoms with Crippen LogP contribution in [0.5, 0.6) is 0 Å². The second-order valence-electron chi connectivity index (χ2n) is 13.6. The van der Waals surface area contributed by atoms with Gasteiger partial charge in [0.1, 0.15) is 23.5 Å². The van der Waals surface area contributed by atoms with Crippen molar-refractivity contribution in [3.63, 3.8) is 0 Å². The van der Waals surface area contributed by atoms with Crippen LogP contribution in [-0.2, 0) is 26.0 Å². The number of allylic oxidation sites excluding steroid dienone is 1. The Bertz CT molecular complexity index is 2270. The van der Waals surface area contributed by atoms with Crippen LogP contribution in [0, 0.1) is 11.6 Å². The van der Waals surface area contributed by atoms with E-state index < -0.39 is 57.1 Å². The number of carbonyl (C=O) groups excluding carboxylic acids is 2. The Labute approximate surface area is 321 Å². The summed E-state index contributed by atoms with van der Waals surface area (Å²) in [7, 11) is -1.33. The number of anilines is 1. The third kappa shape index (κ3) is 8.54. The number of aryl methyl sites for hydroxylation is 1. The van der Waals surface area contributed by atoms with Gasteiger partial charge in [-0.15, -0.1) is 0 Å². The minimum absolute atomic E-state index is 0.111. The number of urea groups is 1. The molecule has 14 nitrogen and oxygen atoms in total. The average molecular weight is 791 g/mol. The zero-order valence-electron chi connectivity index (χ0n) is 30.7. The van der Waals surface area contributed by atoms with Crippen molar-refractivity contribution < 1.29 is 46.5 Å². The molecule has 2 aliphatic heterocycles. The van der Waals surface area contributed by atoms with Crippen molar-refractivity contribution in [2.24, 2.45) is 0 Å². The second kappa shape index (κ2) is 16.5. The van der Waals surface area contributed by atoms with E-state index in [0.717, 1.165) is 12.8 Å². The van der Waals surface area contributed by atoms with Crippen LogP contribution >= 0.6 is 0 Å². The van der Waals surface area contributed by atoms with Crippen LogP contribution in [0.4, 0.5) is 19.3 Å². The summed E-state index contributed by atoms with van der Waals surface area (Å²) in [5, 5.41) is 22.7. The molecule has 2 atom stereocenters. The van der Waals surface area contributed by atoms with Crippen LogP contribution in [0.15, 0.2) is 83.6 Å². The molecule has 0 bridgehead atoms. The minimum Gasteiger partial charge on any atom is -0.480 e. The van der Waals surface area contributed by atoms with E-state index in [1.807, 2.05) is 4.72 Å². The topological polar surface area (TPSA) is 191 Å². The summed E-state index contributed by atoms with van der Waals surface area (Å²) >= 11 is 0. The van der Waals surface area contributed by atoms with Gasteiger partial charge >= 0.3 is 12.0 Å². The smallest absolute Gasteiger partial charge is 0.326 e. The summed E-state index contributed by atoms with van der Waals surface area (Å²) < 4.78 is 64.0. The van der Waals surface area contributed by atoms with E-state index in [1.165, 1.54) is 41.1 Å². The molecular formula is C39H40F2N6O8S. The van der Waals surface area contributed by atoms with Crippen molar-refractivity contribution in [3.05, 3.63) is 113 Å². The van der Waals surface area contributed by atoms with E-state index in [0.29, 0.717) is 64.7 Å². The fraction of sp³-hybridized carbons (Fsp3) is 0.308. The molecule has 3 amide bonds. The first-order chi connectivity index (χ1) is 26.6. The SMILES string of the molecule is CC1=C(c2ccc(CC[C@H](NC(=O)c3cc(F)c(NS(=O)(=O)c4ccc(-c5cnc(C6CCOCC6)nc5)cc4)cc3F)C(=O)O)cc2)C(O)N(C)C(=O)N1C. The van der Waals surface area contributed by atoms with Crippen molar-refractivity contribution in [3.8, 4) is 11.1 Å². The fourth-order valence-electron chi connectivity index (χ4n) is 6.54. The number of ether oxygens (including phenoxy) is 1. The number of likely N-dealkylation sites (N-methyl/N-ethyl adjacent to an activating group) is 1. The summed E-state index contributed by atoms with van der Waals surface area (Å²) in [5.41, 5.74) is 2.15. The molecule has 0 aliphatic carbocycles. The summed E-state index contributed by atoms with van der Waals surface area (Å²) in [4.78, 5) is 48.6. The van der Waals surface area contributed by atoms with E-state index in [2.05, 4.69) is 15.3 Å². The first-order valence-electron chi connectivity index (χ1n) is 17.7. The van der Waals surface area contributed by atoms with Crippen molar-refractivity contribution >= 4 is 39.2 Å². The van der Waals surface area contributed by atoms with E-state index in [9.17, 15) is 33.0 Å². The van der Waals surface area contributed by atoms with Gasteiger partial charge in [-0.2, -0.15) is 0 Å². The maximum absolute atomic E-state index is 15.2. The van der Waals surface area contributed by atoms with Gasteiger partial charge < -0.3 is 25.2 Å². The van der Waals surface area contributed by atoms with Crippen molar-refractivity contribution in [2.75, 3.05) is 32.0 Å². The number of benzene rings is 3. The molecule has 1 saturated heterocycles. The summed E-state index contributed by atoms with van der Waals surface area (Å²) in [6, 6.07) is 11.7. The van der Waals surface area contributed by atoms with Crippen molar-refractivity contribution in [2.45, 2.75) is 55.7 Å². The number of aliphatic carboxylic acids is 1. The Balaban J connectivity index is 1.08. The lowest BCUT2D eigenvalue weighted by atomic mass is 9.97. The molecule has 4 N–H and O–H groups in total. The number of nitrogens with one attached hydrogen (secondary N) is 2. The lowest BCUT2D eigenvalue weighted by Crippen LogP contribution is -2.49. The number of amides is 3. The Hall–Kier alpha value is -5.78. The first-order valence-corrected chi connectivity index (χ1v) is 19.2. The lowest BCUT2D eigenvalue weighted by molar-refractivity contribution is -0.139. The molecule has 6 rings (SSSR count). The van der Waals surface area contributed by atoms with Gasteiger partial charge in [-0.3, -0.25) is 14.4 Å². The number of aliphatic hydroxyl groups is 1. The summed E-state index contributed by atoms with van der Waals surface area (Å²) in [6.45, 7) is 3.01. The molecule has 3 heterocycles. The van der Waals surface area contributed by atoms with Crippen LogP contribution < -0.4 is 10.0 Å². The monoisotopic (exact) mass is 790 g/mol. The number of carboxylic acid groups (broad SMARTS) is 1. The number of hydrogen-bond donors (Lipinski definition) is 4. The van der Waals surface area contributed by atoms with Crippen LogP contribution in [-0.4, -0.2) is 95.9 Å². The van der Waals surface area contributed by atoms with Crippen LogP contribution in [0.25, 0.3) is 16.7 Å². The van der Waals surface area contributed by atoms with Gasteiger partial charge in [0.05, 0.1) is 16.1 Å². The fourth-order valence-corrected chi connectivity index (χ4v) is 7.60. The molecule has 0 saturated carbocycles. The molecule has 3 aromatic carbocycles. The molecule has 2 aliphatic rings. The maximum Gasteiger partial charge on any atom is 0.326 e. The van der Waals surface area contributed by atoms with Crippen molar-refractivity contribution in [1.29, 1.82) is 0 Å². The minimum atomic E-state index is -4.40. The Morgan fingerprint density at radius 3 is 2.20 bits per heavy atom. The Morgan fingerprint density at radius 2 is 1.57 bits per heavy atom. The third-order valence-corrected chi connectivity index (χ3v) is 11.4. The Morgan fingerprint density at radius 1 is 0.946 bits per heavy atom. The number of carbonyl (C=O) groups is 3. The highest BCUT2D eigenvalue weighted by molar-refractivity contribution is 7.92. The molecule has 1 unspecified atom stereocenters. The standard InChI is InChI=1S/C39H40F2N6O8S/c1-22-34(37(49)47(3)39(52)46(22)2)25-7-4-23(5-8-25)6-13-32(38(50)51)44-36(48)29-18-31(41)33(19-30(29)40)45-56(53,54)28-11-9-24(10-12-28)27-20-42-35(43-21-27)26-14-16-55-17-15-26/h4-5,7-12,18-21,26,32,37,45,49H,6,13-17H2,1-3H3,(H,44,48)(H,50,51)/t32-,37?/m0/s1. The van der Waals surface area contributed by atoms with Gasteiger partial charge in [0.25, 0.3) is 15.9 Å². The number of halogens is 2. The van der Waals surface area contributed by atoms with E-state index >= 15 is 8.78 Å². The van der Waals surface area contributed by atoms with Gasteiger partial charge in [-0.1, -0.05) is 36.4 Å². The molecule has 294 valence electrons.